The van der Waals surface area contributed by atoms with Crippen LogP contribution in [-0.4, -0.2) is 30.5 Å². The lowest BCUT2D eigenvalue weighted by Crippen LogP contribution is -2.25. The summed E-state index contributed by atoms with van der Waals surface area (Å²) >= 11 is 0. The van der Waals surface area contributed by atoms with Gasteiger partial charge in [0.2, 0.25) is 0 Å². The molecule has 3 rings (SSSR count). The van der Waals surface area contributed by atoms with Crippen molar-refractivity contribution < 1.29 is 19.0 Å². The van der Waals surface area contributed by atoms with Gasteiger partial charge in [-0.2, -0.15) is 5.26 Å². The standard InChI is InChI=1S/C14H13FN2O3/c15-12-5-9(17-6-10(7-18)20-13(17)19)1-2-11(12)14(8-16)3-4-14/h1-2,5,10,18H,3-4,6-7H2/t10-/m1/s1. The smallest absolute Gasteiger partial charge is 0.414 e. The summed E-state index contributed by atoms with van der Waals surface area (Å²) in [6, 6.07) is 6.55. The van der Waals surface area contributed by atoms with E-state index >= 15 is 0 Å². The van der Waals surface area contributed by atoms with E-state index in [1.165, 1.54) is 11.0 Å². The van der Waals surface area contributed by atoms with Crippen LogP contribution in [0.3, 0.4) is 0 Å². The third kappa shape index (κ3) is 1.91. The van der Waals surface area contributed by atoms with E-state index < -0.39 is 23.4 Å². The monoisotopic (exact) mass is 276 g/mol. The minimum absolute atomic E-state index is 0.192. The summed E-state index contributed by atoms with van der Waals surface area (Å²) in [5, 5.41) is 18.1. The molecule has 1 N–H and O–H groups in total. The number of halogens is 1. The average molecular weight is 276 g/mol. The molecule has 104 valence electrons. The number of nitriles is 1. The molecule has 0 bridgehead atoms. The minimum atomic E-state index is -0.693. The van der Waals surface area contributed by atoms with Gasteiger partial charge in [-0.15, -0.1) is 0 Å². The molecule has 1 aromatic rings. The quantitative estimate of drug-likeness (QED) is 0.911. The number of nitrogens with zero attached hydrogens (tertiary/aromatic N) is 2. The van der Waals surface area contributed by atoms with Gasteiger partial charge in [-0.1, -0.05) is 6.07 Å². The second-order valence-electron chi connectivity index (χ2n) is 5.16. The number of aliphatic hydroxyl groups is 1. The number of aliphatic hydroxyl groups excluding tert-OH is 1. The van der Waals surface area contributed by atoms with E-state index in [0.29, 0.717) is 24.1 Å². The van der Waals surface area contributed by atoms with E-state index in [1.54, 1.807) is 12.1 Å². The molecule has 1 heterocycles. The molecule has 2 aliphatic rings. The predicted molar refractivity (Wildman–Crippen MR) is 67.6 cm³/mol. The van der Waals surface area contributed by atoms with Crippen LogP contribution in [0.2, 0.25) is 0 Å². The van der Waals surface area contributed by atoms with Crippen LogP contribution < -0.4 is 4.90 Å². The molecule has 6 heteroatoms. The molecular formula is C14H13FN2O3. The first-order chi connectivity index (χ1) is 9.59. The fraction of sp³-hybridized carbons (Fsp3) is 0.429. The van der Waals surface area contributed by atoms with E-state index in [1.807, 2.05) is 0 Å². The molecule has 1 aliphatic heterocycles. The van der Waals surface area contributed by atoms with Crippen molar-refractivity contribution in [1.29, 1.82) is 5.26 Å². The Morgan fingerprint density at radius 2 is 2.30 bits per heavy atom. The normalized spacial score (nSPS) is 23.4. The number of hydrogen-bond acceptors (Lipinski definition) is 4. The Morgan fingerprint density at radius 3 is 2.80 bits per heavy atom. The van der Waals surface area contributed by atoms with Crippen LogP contribution in [0.15, 0.2) is 18.2 Å². The van der Waals surface area contributed by atoms with Gasteiger partial charge >= 0.3 is 6.09 Å². The first kappa shape index (κ1) is 12.9. The van der Waals surface area contributed by atoms with Gasteiger partial charge in [0.15, 0.2) is 0 Å². The van der Waals surface area contributed by atoms with Crippen LogP contribution in [0, 0.1) is 17.1 Å². The van der Waals surface area contributed by atoms with Crippen molar-refractivity contribution in [1.82, 2.24) is 0 Å². The number of anilines is 1. The van der Waals surface area contributed by atoms with Crippen molar-refractivity contribution in [3.05, 3.63) is 29.6 Å². The minimum Gasteiger partial charge on any atom is -0.441 e. The molecule has 5 nitrogen and oxygen atoms in total. The Balaban J connectivity index is 1.88. The maximum Gasteiger partial charge on any atom is 0.414 e. The molecule has 0 spiro atoms. The Bertz CT molecular complexity index is 607. The van der Waals surface area contributed by atoms with Crippen LogP contribution in [-0.2, 0) is 10.2 Å². The molecule has 1 aromatic carbocycles. The third-order valence-corrected chi connectivity index (χ3v) is 3.82. The fourth-order valence-corrected chi connectivity index (χ4v) is 2.45. The Kier molecular flexibility index (Phi) is 2.87. The lowest BCUT2D eigenvalue weighted by molar-refractivity contribution is 0.0963. The summed E-state index contributed by atoms with van der Waals surface area (Å²) in [4.78, 5) is 12.9. The largest absolute Gasteiger partial charge is 0.441 e. The third-order valence-electron chi connectivity index (χ3n) is 3.82. The molecule has 0 unspecified atom stereocenters. The van der Waals surface area contributed by atoms with Crippen LogP contribution in [0.1, 0.15) is 18.4 Å². The first-order valence-electron chi connectivity index (χ1n) is 6.40. The van der Waals surface area contributed by atoms with Gasteiger partial charge < -0.3 is 9.84 Å². The van der Waals surface area contributed by atoms with Crippen molar-refractivity contribution in [2.75, 3.05) is 18.1 Å². The molecule has 1 atom stereocenters. The SMILES string of the molecule is N#CC1(c2ccc(N3C[C@H](CO)OC3=O)cc2F)CC1. The summed E-state index contributed by atoms with van der Waals surface area (Å²) in [5.41, 5.74) is 0.0675. The van der Waals surface area contributed by atoms with Gasteiger partial charge in [0.25, 0.3) is 0 Å². The number of carbonyl (C=O) groups excluding carboxylic acids is 1. The summed E-state index contributed by atoms with van der Waals surface area (Å²) in [5.74, 6) is -0.484. The van der Waals surface area contributed by atoms with Gasteiger partial charge in [-0.05, 0) is 25.0 Å². The van der Waals surface area contributed by atoms with Crippen LogP contribution >= 0.6 is 0 Å². The van der Waals surface area contributed by atoms with Gasteiger partial charge in [0, 0.05) is 5.56 Å². The van der Waals surface area contributed by atoms with Crippen molar-refractivity contribution in [3.8, 4) is 6.07 Å². The first-order valence-corrected chi connectivity index (χ1v) is 6.40. The molecule has 1 saturated carbocycles. The van der Waals surface area contributed by atoms with E-state index in [9.17, 15) is 9.18 Å². The Hall–Kier alpha value is -2.13. The summed E-state index contributed by atoms with van der Waals surface area (Å²) in [6.45, 7) is -0.0716. The molecule has 1 saturated heterocycles. The maximum atomic E-state index is 14.2. The zero-order chi connectivity index (χ0) is 14.3. The van der Waals surface area contributed by atoms with Crippen molar-refractivity contribution >= 4 is 11.8 Å². The second-order valence-corrected chi connectivity index (χ2v) is 5.16. The number of cyclic esters (lactones) is 1. The topological polar surface area (TPSA) is 73.6 Å². The van der Waals surface area contributed by atoms with E-state index in [2.05, 4.69) is 6.07 Å². The molecule has 2 fully saturated rings. The van der Waals surface area contributed by atoms with Crippen LogP contribution in [0.25, 0.3) is 0 Å². The molecule has 0 aromatic heterocycles. The summed E-state index contributed by atoms with van der Waals surface area (Å²) in [7, 11) is 0. The lowest BCUT2D eigenvalue weighted by atomic mass is 9.97. The molecule has 1 aliphatic carbocycles. The van der Waals surface area contributed by atoms with Gasteiger partial charge in [-0.25, -0.2) is 9.18 Å². The Labute approximate surface area is 115 Å². The number of hydrogen-bond donors (Lipinski definition) is 1. The summed E-state index contributed by atoms with van der Waals surface area (Å²) in [6.07, 6.45) is 0.146. The fourth-order valence-electron chi connectivity index (χ4n) is 2.45. The van der Waals surface area contributed by atoms with E-state index in [0.717, 1.165) is 0 Å². The highest BCUT2D eigenvalue weighted by Crippen LogP contribution is 2.48. The number of benzene rings is 1. The van der Waals surface area contributed by atoms with Crippen LogP contribution in [0.5, 0.6) is 0 Å². The van der Waals surface area contributed by atoms with Gasteiger partial charge in [0.1, 0.15) is 11.9 Å². The second kappa shape index (κ2) is 4.46. The van der Waals surface area contributed by atoms with Crippen molar-refractivity contribution in [2.45, 2.75) is 24.4 Å². The van der Waals surface area contributed by atoms with E-state index in [-0.39, 0.29) is 13.2 Å². The average Bonchev–Trinajstić information content (AvgIpc) is 3.15. The predicted octanol–water partition coefficient (Wildman–Crippen LogP) is 1.70. The van der Waals surface area contributed by atoms with Gasteiger partial charge in [0.05, 0.1) is 30.3 Å². The molecular weight excluding hydrogens is 263 g/mol. The highest BCUT2D eigenvalue weighted by atomic mass is 19.1. The van der Waals surface area contributed by atoms with Crippen molar-refractivity contribution in [2.24, 2.45) is 0 Å². The van der Waals surface area contributed by atoms with Crippen LogP contribution in [0.4, 0.5) is 14.9 Å². The molecule has 0 radical (unpaired) electrons. The highest BCUT2D eigenvalue weighted by molar-refractivity contribution is 5.89. The number of carbonyl (C=O) groups is 1. The Morgan fingerprint density at radius 1 is 1.55 bits per heavy atom. The van der Waals surface area contributed by atoms with Gasteiger partial charge in [-0.3, -0.25) is 4.90 Å². The number of amides is 1. The highest BCUT2D eigenvalue weighted by Gasteiger charge is 2.47. The zero-order valence-electron chi connectivity index (χ0n) is 10.7. The maximum absolute atomic E-state index is 14.2. The number of ether oxygens (including phenoxy) is 1. The lowest BCUT2D eigenvalue weighted by Gasteiger charge is -2.15. The van der Waals surface area contributed by atoms with Crippen molar-refractivity contribution in [3.63, 3.8) is 0 Å². The molecule has 20 heavy (non-hydrogen) atoms. The van der Waals surface area contributed by atoms with E-state index in [4.69, 9.17) is 15.1 Å². The zero-order valence-corrected chi connectivity index (χ0v) is 10.7. The summed E-state index contributed by atoms with van der Waals surface area (Å²) < 4.78 is 19.1. The molecule has 1 amide bonds. The number of rotatable bonds is 3.